The number of piperazine rings is 1. The Bertz CT molecular complexity index is 578. The highest BCUT2D eigenvalue weighted by atomic mass is 16.2. The van der Waals surface area contributed by atoms with Crippen molar-refractivity contribution in [1.29, 1.82) is 0 Å². The van der Waals surface area contributed by atoms with E-state index in [0.717, 1.165) is 51.2 Å². The third kappa shape index (κ3) is 4.58. The molecule has 25 heavy (non-hydrogen) atoms. The normalized spacial score (nSPS) is 18.6. The number of carbonyl (C=O) groups excluding carboxylic acids is 1. The van der Waals surface area contributed by atoms with Crippen LogP contribution in [0.25, 0.3) is 0 Å². The fraction of sp³-hybridized carbons (Fsp3) is 0.647. The number of anilines is 1. The maximum Gasteiger partial charge on any atom is 0.225 e. The molecule has 0 aromatic carbocycles. The molecule has 1 amide bonds. The van der Waals surface area contributed by atoms with E-state index in [1.165, 1.54) is 12.8 Å². The molecule has 1 aromatic rings. The number of carbonyl (C=O) groups is 1. The molecular weight excluding hydrogens is 318 g/mol. The summed E-state index contributed by atoms with van der Waals surface area (Å²) in [6.07, 6.45) is 6.43. The molecule has 1 aromatic heterocycles. The van der Waals surface area contributed by atoms with E-state index in [9.17, 15) is 4.79 Å². The third-order valence-corrected chi connectivity index (χ3v) is 4.71. The number of guanidine groups is 1. The molecule has 2 aliphatic rings. The molecular formula is C17H27N7O. The fourth-order valence-electron chi connectivity index (χ4n) is 3.31. The second-order valence-corrected chi connectivity index (χ2v) is 6.33. The lowest BCUT2D eigenvalue weighted by Gasteiger charge is -2.34. The van der Waals surface area contributed by atoms with E-state index in [4.69, 9.17) is 0 Å². The van der Waals surface area contributed by atoms with Crippen LogP contribution in [0, 0.1) is 0 Å². The van der Waals surface area contributed by atoms with E-state index < -0.39 is 0 Å². The van der Waals surface area contributed by atoms with Crippen molar-refractivity contribution < 1.29 is 4.79 Å². The zero-order chi connectivity index (χ0) is 17.5. The van der Waals surface area contributed by atoms with Crippen LogP contribution in [0.5, 0.6) is 0 Å². The minimum atomic E-state index is 0.193. The van der Waals surface area contributed by atoms with Gasteiger partial charge in [0, 0.05) is 71.7 Å². The van der Waals surface area contributed by atoms with Gasteiger partial charge >= 0.3 is 0 Å². The van der Waals surface area contributed by atoms with Crippen LogP contribution < -0.4 is 10.2 Å². The first-order valence-corrected chi connectivity index (χ1v) is 9.03. The summed E-state index contributed by atoms with van der Waals surface area (Å²) in [5.74, 6) is 1.85. The Morgan fingerprint density at radius 1 is 1.08 bits per heavy atom. The van der Waals surface area contributed by atoms with Crippen LogP contribution in [-0.4, -0.2) is 84.5 Å². The monoisotopic (exact) mass is 345 g/mol. The average Bonchev–Trinajstić information content (AvgIpc) is 3.20. The Labute approximate surface area is 148 Å². The van der Waals surface area contributed by atoms with Crippen molar-refractivity contribution in [1.82, 2.24) is 25.1 Å². The van der Waals surface area contributed by atoms with Gasteiger partial charge in [0.25, 0.3) is 0 Å². The van der Waals surface area contributed by atoms with Crippen molar-refractivity contribution >= 4 is 17.8 Å². The molecule has 136 valence electrons. The van der Waals surface area contributed by atoms with Crippen molar-refractivity contribution in [2.45, 2.75) is 19.3 Å². The molecule has 3 rings (SSSR count). The van der Waals surface area contributed by atoms with Gasteiger partial charge < -0.3 is 20.0 Å². The Balaban J connectivity index is 1.39. The zero-order valence-electron chi connectivity index (χ0n) is 14.9. The molecule has 2 aliphatic heterocycles. The van der Waals surface area contributed by atoms with Crippen LogP contribution in [0.4, 0.5) is 5.95 Å². The van der Waals surface area contributed by atoms with E-state index in [1.807, 2.05) is 11.0 Å². The van der Waals surface area contributed by atoms with Gasteiger partial charge in [-0.25, -0.2) is 9.97 Å². The molecule has 0 unspecified atom stereocenters. The minimum Gasteiger partial charge on any atom is -0.356 e. The molecule has 3 heterocycles. The number of hydrogen-bond donors (Lipinski definition) is 1. The highest BCUT2D eigenvalue weighted by Gasteiger charge is 2.22. The summed E-state index contributed by atoms with van der Waals surface area (Å²) in [5, 5.41) is 3.31. The van der Waals surface area contributed by atoms with Crippen molar-refractivity contribution in [3.05, 3.63) is 18.5 Å². The molecule has 0 saturated carbocycles. The maximum atomic E-state index is 12.4. The molecule has 0 radical (unpaired) electrons. The van der Waals surface area contributed by atoms with Crippen LogP contribution in [0.15, 0.2) is 23.5 Å². The summed E-state index contributed by atoms with van der Waals surface area (Å²) in [6.45, 7) is 5.73. The van der Waals surface area contributed by atoms with E-state index in [2.05, 4.69) is 30.1 Å². The van der Waals surface area contributed by atoms with Gasteiger partial charge in [-0.05, 0) is 18.9 Å². The molecule has 2 fully saturated rings. The smallest absolute Gasteiger partial charge is 0.225 e. The maximum absolute atomic E-state index is 12.4. The quantitative estimate of drug-likeness (QED) is 0.620. The number of likely N-dealkylation sites (tertiary alicyclic amines) is 1. The zero-order valence-corrected chi connectivity index (χ0v) is 14.9. The predicted molar refractivity (Wildman–Crippen MR) is 97.6 cm³/mol. The van der Waals surface area contributed by atoms with E-state index in [-0.39, 0.29) is 5.91 Å². The third-order valence-electron chi connectivity index (χ3n) is 4.71. The lowest BCUT2D eigenvalue weighted by Crippen LogP contribution is -2.50. The number of nitrogens with one attached hydrogen (secondary N) is 1. The molecule has 0 atom stereocenters. The lowest BCUT2D eigenvalue weighted by molar-refractivity contribution is -0.131. The fourth-order valence-corrected chi connectivity index (χ4v) is 3.31. The van der Waals surface area contributed by atoms with Crippen molar-refractivity contribution in [3.8, 4) is 0 Å². The highest BCUT2D eigenvalue weighted by molar-refractivity contribution is 5.81. The lowest BCUT2D eigenvalue weighted by atomic mass is 10.3. The van der Waals surface area contributed by atoms with Crippen molar-refractivity contribution in [2.75, 3.05) is 57.8 Å². The Kier molecular flexibility index (Phi) is 6.03. The summed E-state index contributed by atoms with van der Waals surface area (Å²) < 4.78 is 0. The number of nitrogens with zero attached hydrogens (tertiary/aromatic N) is 6. The number of rotatable bonds is 4. The van der Waals surface area contributed by atoms with Crippen LogP contribution in [0.3, 0.4) is 0 Å². The van der Waals surface area contributed by atoms with Gasteiger partial charge in [-0.15, -0.1) is 0 Å². The van der Waals surface area contributed by atoms with Gasteiger partial charge in [0.05, 0.1) is 0 Å². The summed E-state index contributed by atoms with van der Waals surface area (Å²) in [5.41, 5.74) is 0. The molecule has 1 N–H and O–H groups in total. The van der Waals surface area contributed by atoms with Gasteiger partial charge in [0.1, 0.15) is 0 Å². The largest absolute Gasteiger partial charge is 0.356 e. The molecule has 8 nitrogen and oxygen atoms in total. The van der Waals surface area contributed by atoms with E-state index in [1.54, 1.807) is 19.4 Å². The average molecular weight is 345 g/mol. The molecule has 8 heteroatoms. The van der Waals surface area contributed by atoms with Crippen LogP contribution in [0.2, 0.25) is 0 Å². The SMILES string of the molecule is CN=C(NCCC(=O)N1CCN(c2ncccn2)CC1)N1CCCC1. The second-order valence-electron chi connectivity index (χ2n) is 6.33. The van der Waals surface area contributed by atoms with Crippen molar-refractivity contribution in [3.63, 3.8) is 0 Å². The summed E-state index contributed by atoms with van der Waals surface area (Å²) in [6, 6.07) is 1.81. The summed E-state index contributed by atoms with van der Waals surface area (Å²) in [4.78, 5) is 31.6. The predicted octanol–water partition coefficient (Wildman–Crippen LogP) is 0.187. The Morgan fingerprint density at radius 2 is 1.76 bits per heavy atom. The van der Waals surface area contributed by atoms with Crippen molar-refractivity contribution in [2.24, 2.45) is 4.99 Å². The van der Waals surface area contributed by atoms with Crippen LogP contribution in [0.1, 0.15) is 19.3 Å². The first-order chi connectivity index (χ1) is 12.3. The molecule has 0 bridgehead atoms. The van der Waals surface area contributed by atoms with E-state index >= 15 is 0 Å². The standard InChI is InChI=1S/C17H27N7O/c1-18-16(23-9-2-3-10-23)21-8-5-15(25)22-11-13-24(14-12-22)17-19-6-4-7-20-17/h4,6-7H,2-3,5,8-14H2,1H3,(H,18,21). The number of amides is 1. The van der Waals surface area contributed by atoms with Gasteiger partial charge in [0.15, 0.2) is 5.96 Å². The van der Waals surface area contributed by atoms with Gasteiger partial charge in [-0.1, -0.05) is 0 Å². The highest BCUT2D eigenvalue weighted by Crippen LogP contribution is 2.10. The topological polar surface area (TPSA) is 77.0 Å². The number of aromatic nitrogens is 2. The molecule has 0 aliphatic carbocycles. The number of hydrogen-bond acceptors (Lipinski definition) is 5. The first kappa shape index (κ1) is 17.4. The van der Waals surface area contributed by atoms with Crippen LogP contribution >= 0.6 is 0 Å². The Hall–Kier alpha value is -2.38. The van der Waals surface area contributed by atoms with Gasteiger partial charge in [-0.3, -0.25) is 9.79 Å². The van der Waals surface area contributed by atoms with E-state index in [0.29, 0.717) is 13.0 Å². The Morgan fingerprint density at radius 3 is 2.40 bits per heavy atom. The van der Waals surface area contributed by atoms with Gasteiger partial charge in [-0.2, -0.15) is 0 Å². The summed E-state index contributed by atoms with van der Waals surface area (Å²) in [7, 11) is 1.80. The second kappa shape index (κ2) is 8.64. The molecule has 0 spiro atoms. The molecule has 2 saturated heterocycles. The van der Waals surface area contributed by atoms with Crippen LogP contribution in [-0.2, 0) is 4.79 Å². The summed E-state index contributed by atoms with van der Waals surface area (Å²) >= 11 is 0. The van der Waals surface area contributed by atoms with Gasteiger partial charge in [0.2, 0.25) is 11.9 Å². The first-order valence-electron chi connectivity index (χ1n) is 9.03. The number of aliphatic imine (C=N–C) groups is 1. The minimum absolute atomic E-state index is 0.193.